The summed E-state index contributed by atoms with van der Waals surface area (Å²) in [7, 11) is 0. The summed E-state index contributed by atoms with van der Waals surface area (Å²) in [4.78, 5) is 13.7. The van der Waals surface area contributed by atoms with Crippen LogP contribution in [0.2, 0.25) is 0 Å². The van der Waals surface area contributed by atoms with Gasteiger partial charge in [-0.2, -0.15) is 0 Å². The van der Waals surface area contributed by atoms with Crippen LogP contribution in [-0.4, -0.2) is 23.4 Å². The largest absolute Gasteiger partial charge is 0.335 e. The molecule has 0 aliphatic heterocycles. The molecule has 1 rings (SSSR count). The first-order valence-electron chi connectivity index (χ1n) is 5.90. The van der Waals surface area contributed by atoms with E-state index in [-0.39, 0.29) is 11.9 Å². The number of carbonyl (C=O) groups excluding carboxylic acids is 1. The van der Waals surface area contributed by atoms with Gasteiger partial charge in [-0.25, -0.2) is 0 Å². The molecule has 17 heavy (non-hydrogen) atoms. The fourth-order valence-corrected chi connectivity index (χ4v) is 1.49. The maximum absolute atomic E-state index is 11.9. The molecule has 1 aromatic rings. The Morgan fingerprint density at radius 1 is 1.41 bits per heavy atom. The molecule has 92 valence electrons. The van der Waals surface area contributed by atoms with Crippen LogP contribution in [0.4, 0.5) is 0 Å². The lowest BCUT2D eigenvalue weighted by molar-refractivity contribution is -0.126. The fourth-order valence-electron chi connectivity index (χ4n) is 1.49. The molecule has 0 saturated carbocycles. The Morgan fingerprint density at radius 3 is 2.59 bits per heavy atom. The number of hydrogen-bond donors (Lipinski definition) is 1. The van der Waals surface area contributed by atoms with E-state index in [1.807, 2.05) is 44.2 Å². The van der Waals surface area contributed by atoms with Gasteiger partial charge >= 0.3 is 0 Å². The third-order valence-corrected chi connectivity index (χ3v) is 2.45. The molecule has 3 nitrogen and oxygen atoms in total. The number of likely N-dealkylation sites (N-methyl/N-ethyl adjacent to an activating group) is 1. The molecule has 3 heteroatoms. The number of benzene rings is 1. The SMILES string of the molecule is CCN(Cc1ccccc1)C(=O)C=CC(C)N. The molecule has 0 fully saturated rings. The number of rotatable bonds is 5. The molecule has 0 radical (unpaired) electrons. The molecular weight excluding hydrogens is 212 g/mol. The van der Waals surface area contributed by atoms with Crippen molar-refractivity contribution in [1.82, 2.24) is 4.90 Å². The van der Waals surface area contributed by atoms with E-state index in [0.717, 1.165) is 5.56 Å². The summed E-state index contributed by atoms with van der Waals surface area (Å²) in [5.41, 5.74) is 6.71. The molecule has 0 aromatic heterocycles. The predicted molar refractivity (Wildman–Crippen MR) is 70.3 cm³/mol. The van der Waals surface area contributed by atoms with Gasteiger partial charge in [-0.15, -0.1) is 0 Å². The first-order chi connectivity index (χ1) is 8.13. The van der Waals surface area contributed by atoms with Gasteiger partial charge in [0.2, 0.25) is 5.91 Å². The molecule has 1 aromatic carbocycles. The Balaban J connectivity index is 2.63. The third kappa shape index (κ3) is 4.83. The van der Waals surface area contributed by atoms with Crippen LogP contribution >= 0.6 is 0 Å². The molecule has 1 unspecified atom stereocenters. The molecule has 0 saturated heterocycles. The lowest BCUT2D eigenvalue weighted by Gasteiger charge is -2.19. The van der Waals surface area contributed by atoms with Crippen LogP contribution in [0, 0.1) is 0 Å². The molecule has 0 aliphatic carbocycles. The van der Waals surface area contributed by atoms with Gasteiger partial charge in [-0.05, 0) is 19.4 Å². The van der Waals surface area contributed by atoms with Crippen molar-refractivity contribution in [3.8, 4) is 0 Å². The Kier molecular flexibility index (Phi) is 5.43. The van der Waals surface area contributed by atoms with E-state index in [2.05, 4.69) is 0 Å². The molecule has 0 spiro atoms. The van der Waals surface area contributed by atoms with Crippen LogP contribution < -0.4 is 5.73 Å². The molecule has 0 heterocycles. The maximum Gasteiger partial charge on any atom is 0.246 e. The minimum atomic E-state index is -0.0885. The summed E-state index contributed by atoms with van der Waals surface area (Å²) < 4.78 is 0. The summed E-state index contributed by atoms with van der Waals surface area (Å²) in [5.74, 6) is 0.00801. The quantitative estimate of drug-likeness (QED) is 0.789. The topological polar surface area (TPSA) is 46.3 Å². The smallest absolute Gasteiger partial charge is 0.246 e. The van der Waals surface area contributed by atoms with Crippen molar-refractivity contribution >= 4 is 5.91 Å². The highest BCUT2D eigenvalue weighted by Crippen LogP contribution is 2.05. The van der Waals surface area contributed by atoms with Gasteiger partial charge in [0.15, 0.2) is 0 Å². The van der Waals surface area contributed by atoms with E-state index in [4.69, 9.17) is 5.73 Å². The summed E-state index contributed by atoms with van der Waals surface area (Å²) in [6.45, 7) is 5.15. The van der Waals surface area contributed by atoms with Crippen LogP contribution in [0.1, 0.15) is 19.4 Å². The van der Waals surface area contributed by atoms with Crippen molar-refractivity contribution in [1.29, 1.82) is 0 Å². The Hall–Kier alpha value is -1.61. The van der Waals surface area contributed by atoms with Crippen molar-refractivity contribution in [2.24, 2.45) is 5.73 Å². The number of nitrogens with two attached hydrogens (primary N) is 1. The lowest BCUT2D eigenvalue weighted by atomic mass is 10.2. The monoisotopic (exact) mass is 232 g/mol. The predicted octanol–water partition coefficient (Wildman–Crippen LogP) is 1.94. The second kappa shape index (κ2) is 6.86. The van der Waals surface area contributed by atoms with Gasteiger partial charge in [0.1, 0.15) is 0 Å². The minimum absolute atomic E-state index is 0.00801. The van der Waals surface area contributed by atoms with Crippen molar-refractivity contribution < 1.29 is 4.79 Å². The lowest BCUT2D eigenvalue weighted by Crippen LogP contribution is -2.29. The van der Waals surface area contributed by atoms with Gasteiger partial charge in [0, 0.05) is 25.2 Å². The Labute approximate surface area is 103 Å². The number of nitrogens with zero attached hydrogens (tertiary/aromatic N) is 1. The maximum atomic E-state index is 11.9. The van der Waals surface area contributed by atoms with Crippen LogP contribution in [0.5, 0.6) is 0 Å². The molecular formula is C14H20N2O. The van der Waals surface area contributed by atoms with Crippen molar-refractivity contribution in [2.75, 3.05) is 6.54 Å². The van der Waals surface area contributed by atoms with Crippen molar-refractivity contribution in [2.45, 2.75) is 26.4 Å². The highest BCUT2D eigenvalue weighted by Gasteiger charge is 2.08. The van der Waals surface area contributed by atoms with Gasteiger partial charge in [-0.3, -0.25) is 4.79 Å². The number of carbonyl (C=O) groups is 1. The van der Waals surface area contributed by atoms with E-state index in [0.29, 0.717) is 13.1 Å². The van der Waals surface area contributed by atoms with E-state index >= 15 is 0 Å². The normalized spacial score (nSPS) is 12.6. The molecule has 1 amide bonds. The Bertz CT molecular complexity index is 371. The minimum Gasteiger partial charge on any atom is -0.335 e. The second-order valence-electron chi connectivity index (χ2n) is 4.06. The summed E-state index contributed by atoms with van der Waals surface area (Å²) in [6, 6.07) is 9.87. The first-order valence-corrected chi connectivity index (χ1v) is 5.90. The summed E-state index contributed by atoms with van der Waals surface area (Å²) >= 11 is 0. The first kappa shape index (κ1) is 13.5. The molecule has 1 atom stereocenters. The van der Waals surface area contributed by atoms with Gasteiger partial charge in [0.05, 0.1) is 0 Å². The van der Waals surface area contributed by atoms with Gasteiger partial charge < -0.3 is 10.6 Å². The van der Waals surface area contributed by atoms with Crippen LogP contribution in [0.15, 0.2) is 42.5 Å². The molecule has 0 bridgehead atoms. The van der Waals surface area contributed by atoms with E-state index in [1.54, 1.807) is 17.1 Å². The second-order valence-corrected chi connectivity index (χ2v) is 4.06. The zero-order valence-corrected chi connectivity index (χ0v) is 10.5. The van der Waals surface area contributed by atoms with Crippen molar-refractivity contribution in [3.05, 3.63) is 48.0 Å². The number of hydrogen-bond acceptors (Lipinski definition) is 2. The summed E-state index contributed by atoms with van der Waals surface area (Å²) in [6.07, 6.45) is 3.27. The van der Waals surface area contributed by atoms with Crippen LogP contribution in [0.25, 0.3) is 0 Å². The third-order valence-electron chi connectivity index (χ3n) is 2.45. The molecule has 2 N–H and O–H groups in total. The van der Waals surface area contributed by atoms with E-state index in [1.165, 1.54) is 0 Å². The zero-order valence-electron chi connectivity index (χ0n) is 10.5. The van der Waals surface area contributed by atoms with Gasteiger partial charge in [-0.1, -0.05) is 36.4 Å². The van der Waals surface area contributed by atoms with E-state index in [9.17, 15) is 4.79 Å². The van der Waals surface area contributed by atoms with Crippen LogP contribution in [0.3, 0.4) is 0 Å². The number of amides is 1. The van der Waals surface area contributed by atoms with Crippen molar-refractivity contribution in [3.63, 3.8) is 0 Å². The van der Waals surface area contributed by atoms with Crippen LogP contribution in [-0.2, 0) is 11.3 Å². The standard InChI is InChI=1S/C14H20N2O/c1-3-16(14(17)10-9-12(2)15)11-13-7-5-4-6-8-13/h4-10,12H,3,11,15H2,1-2H3. The zero-order chi connectivity index (χ0) is 12.7. The Morgan fingerprint density at radius 2 is 2.06 bits per heavy atom. The van der Waals surface area contributed by atoms with E-state index < -0.39 is 0 Å². The summed E-state index contributed by atoms with van der Waals surface area (Å²) in [5, 5.41) is 0. The average Bonchev–Trinajstić information content (AvgIpc) is 2.34. The highest BCUT2D eigenvalue weighted by atomic mass is 16.2. The average molecular weight is 232 g/mol. The highest BCUT2D eigenvalue weighted by molar-refractivity contribution is 5.87. The molecule has 0 aliphatic rings. The fraction of sp³-hybridized carbons (Fsp3) is 0.357. The van der Waals surface area contributed by atoms with Gasteiger partial charge in [0.25, 0.3) is 0 Å².